The van der Waals surface area contributed by atoms with E-state index in [-0.39, 0.29) is 24.7 Å². The summed E-state index contributed by atoms with van der Waals surface area (Å²) in [6.07, 6.45) is 1.71. The number of nitrogens with one attached hydrogen (secondary N) is 1. The summed E-state index contributed by atoms with van der Waals surface area (Å²) in [5, 5.41) is 10.8. The molecule has 0 radical (unpaired) electrons. The van der Waals surface area contributed by atoms with Gasteiger partial charge >= 0.3 is 0 Å². The minimum absolute atomic E-state index is 0.0599. The molecular formula is C20H20N4O3. The normalized spacial score (nSPS) is 10.4. The van der Waals surface area contributed by atoms with Crippen molar-refractivity contribution in [3.8, 4) is 11.4 Å². The van der Waals surface area contributed by atoms with Gasteiger partial charge in [0.2, 0.25) is 5.91 Å². The van der Waals surface area contributed by atoms with E-state index >= 15 is 0 Å². The average Bonchev–Trinajstić information content (AvgIpc) is 3.15. The molecule has 27 heavy (non-hydrogen) atoms. The molecule has 3 aromatic rings. The fourth-order valence-corrected chi connectivity index (χ4v) is 2.73. The zero-order valence-corrected chi connectivity index (χ0v) is 15.2. The Morgan fingerprint density at radius 2 is 1.93 bits per heavy atom. The molecule has 0 aliphatic rings. The van der Waals surface area contributed by atoms with Gasteiger partial charge in [-0.3, -0.25) is 14.2 Å². The van der Waals surface area contributed by atoms with Gasteiger partial charge in [0.25, 0.3) is 0 Å². The number of carbonyl (C=O) groups is 2. The third-order valence-electron chi connectivity index (χ3n) is 4.13. The number of benzene rings is 2. The standard InChI is InChI=1S/C20H20N4O3/c1-14(25)15-8-9-18(27-2)16(10-15)11-20(26)21-12-19-23-22-13-24(19)17-6-4-3-5-7-17/h3-10,13H,11-12H2,1-2H3,(H,21,26). The van der Waals surface area contributed by atoms with E-state index in [9.17, 15) is 9.59 Å². The Kier molecular flexibility index (Phi) is 5.61. The maximum atomic E-state index is 12.4. The summed E-state index contributed by atoms with van der Waals surface area (Å²) >= 11 is 0. The van der Waals surface area contributed by atoms with Gasteiger partial charge in [-0.25, -0.2) is 0 Å². The lowest BCUT2D eigenvalue weighted by Crippen LogP contribution is -2.26. The quantitative estimate of drug-likeness (QED) is 0.650. The SMILES string of the molecule is COc1ccc(C(C)=O)cc1CC(=O)NCc1nncn1-c1ccccc1. The first-order chi connectivity index (χ1) is 13.1. The number of carbonyl (C=O) groups excluding carboxylic acids is 2. The molecule has 0 fully saturated rings. The van der Waals surface area contributed by atoms with Crippen LogP contribution in [0, 0.1) is 0 Å². The molecule has 0 atom stereocenters. The van der Waals surface area contributed by atoms with Crippen LogP contribution in [-0.2, 0) is 17.8 Å². The third kappa shape index (κ3) is 4.38. The smallest absolute Gasteiger partial charge is 0.224 e. The van der Waals surface area contributed by atoms with Crippen molar-refractivity contribution in [2.24, 2.45) is 0 Å². The summed E-state index contributed by atoms with van der Waals surface area (Å²) in [4.78, 5) is 24.0. The first kappa shape index (κ1) is 18.3. The molecule has 7 heteroatoms. The molecular weight excluding hydrogens is 344 g/mol. The van der Waals surface area contributed by atoms with Gasteiger partial charge in [-0.05, 0) is 37.3 Å². The van der Waals surface area contributed by atoms with E-state index in [1.165, 1.54) is 14.0 Å². The van der Waals surface area contributed by atoms with Crippen LogP contribution < -0.4 is 10.1 Å². The van der Waals surface area contributed by atoms with Crippen LogP contribution in [0.1, 0.15) is 28.7 Å². The molecule has 7 nitrogen and oxygen atoms in total. The third-order valence-corrected chi connectivity index (χ3v) is 4.13. The number of ether oxygens (including phenoxy) is 1. The van der Waals surface area contributed by atoms with Gasteiger partial charge in [0, 0.05) is 16.8 Å². The zero-order valence-electron chi connectivity index (χ0n) is 15.2. The van der Waals surface area contributed by atoms with Crippen molar-refractivity contribution in [1.82, 2.24) is 20.1 Å². The van der Waals surface area contributed by atoms with E-state index in [4.69, 9.17) is 4.74 Å². The maximum absolute atomic E-state index is 12.4. The van der Waals surface area contributed by atoms with Gasteiger partial charge in [0.05, 0.1) is 20.1 Å². The second-order valence-corrected chi connectivity index (χ2v) is 5.99. The molecule has 1 N–H and O–H groups in total. The molecule has 3 rings (SSSR count). The minimum atomic E-state index is -0.198. The van der Waals surface area contributed by atoms with E-state index < -0.39 is 0 Å². The highest BCUT2D eigenvalue weighted by Crippen LogP contribution is 2.21. The first-order valence-electron chi connectivity index (χ1n) is 8.47. The monoisotopic (exact) mass is 364 g/mol. The second kappa shape index (κ2) is 8.27. The Balaban J connectivity index is 1.69. The number of aromatic nitrogens is 3. The van der Waals surface area contributed by atoms with Crippen molar-refractivity contribution < 1.29 is 14.3 Å². The summed E-state index contributed by atoms with van der Waals surface area (Å²) in [6.45, 7) is 1.73. The van der Waals surface area contributed by atoms with Gasteiger partial charge < -0.3 is 10.1 Å². The van der Waals surface area contributed by atoms with Crippen LogP contribution in [0.4, 0.5) is 0 Å². The lowest BCUT2D eigenvalue weighted by molar-refractivity contribution is -0.120. The van der Waals surface area contributed by atoms with Crippen molar-refractivity contribution in [3.05, 3.63) is 71.8 Å². The van der Waals surface area contributed by atoms with Gasteiger partial charge in [-0.2, -0.15) is 0 Å². The van der Waals surface area contributed by atoms with E-state index in [1.807, 2.05) is 34.9 Å². The number of methoxy groups -OCH3 is 1. The Morgan fingerprint density at radius 3 is 2.63 bits per heavy atom. The number of hydrogen-bond donors (Lipinski definition) is 1. The molecule has 1 amide bonds. The van der Waals surface area contributed by atoms with Crippen molar-refractivity contribution in [2.75, 3.05) is 7.11 Å². The van der Waals surface area contributed by atoms with Crippen LogP contribution in [0.2, 0.25) is 0 Å². The van der Waals surface area contributed by atoms with Gasteiger partial charge in [-0.15, -0.1) is 10.2 Å². The summed E-state index contributed by atoms with van der Waals surface area (Å²) < 4.78 is 7.11. The predicted molar refractivity (Wildman–Crippen MR) is 99.9 cm³/mol. The highest BCUT2D eigenvalue weighted by atomic mass is 16.5. The summed E-state index contributed by atoms with van der Waals surface area (Å²) in [5.41, 5.74) is 2.12. The summed E-state index contributed by atoms with van der Waals surface area (Å²) in [6, 6.07) is 14.7. The van der Waals surface area contributed by atoms with E-state index in [0.717, 1.165) is 5.69 Å². The summed E-state index contributed by atoms with van der Waals surface area (Å²) in [5.74, 6) is 0.938. The lowest BCUT2D eigenvalue weighted by Gasteiger charge is -2.11. The number of amides is 1. The molecule has 0 saturated carbocycles. The Labute approximate surface area is 157 Å². The Hall–Kier alpha value is -3.48. The van der Waals surface area contributed by atoms with Crippen LogP contribution in [0.25, 0.3) is 5.69 Å². The van der Waals surface area contributed by atoms with Crippen LogP contribution in [0.3, 0.4) is 0 Å². The highest BCUT2D eigenvalue weighted by molar-refractivity contribution is 5.94. The fourth-order valence-electron chi connectivity index (χ4n) is 2.73. The van der Waals surface area contributed by atoms with E-state index in [0.29, 0.717) is 22.7 Å². The second-order valence-electron chi connectivity index (χ2n) is 5.99. The van der Waals surface area contributed by atoms with Gasteiger partial charge in [0.1, 0.15) is 12.1 Å². The molecule has 1 heterocycles. The lowest BCUT2D eigenvalue weighted by atomic mass is 10.0. The first-order valence-corrected chi connectivity index (χ1v) is 8.47. The number of Topliss-reactive ketones (excluding diaryl/α,β-unsaturated/α-hetero) is 1. The molecule has 0 aliphatic heterocycles. The Morgan fingerprint density at radius 1 is 1.15 bits per heavy atom. The van der Waals surface area contributed by atoms with Gasteiger partial charge in [-0.1, -0.05) is 18.2 Å². The predicted octanol–water partition coefficient (Wildman–Crippen LogP) is 2.34. The van der Waals surface area contributed by atoms with Crippen LogP contribution in [-0.4, -0.2) is 33.6 Å². The average molecular weight is 364 g/mol. The van der Waals surface area contributed by atoms with Crippen LogP contribution in [0.5, 0.6) is 5.75 Å². The molecule has 0 spiro atoms. The molecule has 138 valence electrons. The van der Waals surface area contributed by atoms with Crippen molar-refractivity contribution in [2.45, 2.75) is 19.9 Å². The zero-order chi connectivity index (χ0) is 19.2. The minimum Gasteiger partial charge on any atom is -0.496 e. The van der Waals surface area contributed by atoms with Crippen LogP contribution in [0.15, 0.2) is 54.9 Å². The maximum Gasteiger partial charge on any atom is 0.224 e. The number of ketones is 1. The molecule has 0 saturated heterocycles. The van der Waals surface area contributed by atoms with Gasteiger partial charge in [0.15, 0.2) is 11.6 Å². The molecule has 0 bridgehead atoms. The Bertz CT molecular complexity index is 951. The van der Waals surface area contributed by atoms with E-state index in [1.54, 1.807) is 24.5 Å². The van der Waals surface area contributed by atoms with Crippen molar-refractivity contribution in [1.29, 1.82) is 0 Å². The number of hydrogen-bond acceptors (Lipinski definition) is 5. The molecule has 0 unspecified atom stereocenters. The highest BCUT2D eigenvalue weighted by Gasteiger charge is 2.13. The van der Waals surface area contributed by atoms with Crippen molar-refractivity contribution in [3.63, 3.8) is 0 Å². The molecule has 0 aliphatic carbocycles. The van der Waals surface area contributed by atoms with Crippen molar-refractivity contribution >= 4 is 11.7 Å². The summed E-state index contributed by atoms with van der Waals surface area (Å²) in [7, 11) is 1.53. The number of rotatable bonds is 7. The molecule has 2 aromatic carbocycles. The number of para-hydroxylation sites is 1. The van der Waals surface area contributed by atoms with Crippen LogP contribution >= 0.6 is 0 Å². The largest absolute Gasteiger partial charge is 0.496 e. The molecule has 1 aromatic heterocycles. The fraction of sp³-hybridized carbons (Fsp3) is 0.200. The van der Waals surface area contributed by atoms with E-state index in [2.05, 4.69) is 15.5 Å². The number of nitrogens with zero attached hydrogens (tertiary/aromatic N) is 3. The topological polar surface area (TPSA) is 86.1 Å².